The van der Waals surface area contributed by atoms with Crippen LogP contribution in [0.25, 0.3) is 5.82 Å². The molecule has 2 aromatic heterocycles. The van der Waals surface area contributed by atoms with Crippen molar-refractivity contribution < 1.29 is 9.18 Å². The molecule has 3 aromatic rings. The summed E-state index contributed by atoms with van der Waals surface area (Å²) in [5.74, 6) is 0.265. The Morgan fingerprint density at radius 3 is 2.83 bits per heavy atom. The van der Waals surface area contributed by atoms with Crippen LogP contribution in [0.3, 0.4) is 0 Å². The Kier molecular flexibility index (Phi) is 4.42. The monoisotopic (exact) mass is 310 g/mol. The largest absolute Gasteiger partial charge is 0.352 e. The number of carbonyl (C=O) groups excluding carboxylic acids is 1. The van der Waals surface area contributed by atoms with Gasteiger partial charge in [0.15, 0.2) is 0 Å². The van der Waals surface area contributed by atoms with Gasteiger partial charge in [0.2, 0.25) is 5.91 Å². The Bertz CT molecular complexity index is 785. The molecule has 1 amide bonds. The number of benzene rings is 1. The molecule has 0 aliphatic carbocycles. The van der Waals surface area contributed by atoms with Gasteiger partial charge in [0.25, 0.3) is 0 Å². The fourth-order valence-electron chi connectivity index (χ4n) is 2.16. The molecule has 3 rings (SSSR count). The van der Waals surface area contributed by atoms with Crippen LogP contribution in [-0.4, -0.2) is 20.4 Å². The van der Waals surface area contributed by atoms with Gasteiger partial charge in [-0.05, 0) is 29.3 Å². The van der Waals surface area contributed by atoms with Crippen molar-refractivity contribution in [1.82, 2.24) is 19.9 Å². The van der Waals surface area contributed by atoms with Crippen LogP contribution in [0.5, 0.6) is 0 Å². The van der Waals surface area contributed by atoms with Gasteiger partial charge in [-0.3, -0.25) is 9.36 Å². The van der Waals surface area contributed by atoms with Gasteiger partial charge in [0.05, 0.1) is 6.42 Å². The smallest absolute Gasteiger partial charge is 0.224 e. The highest BCUT2D eigenvalue weighted by atomic mass is 19.1. The van der Waals surface area contributed by atoms with Crippen LogP contribution < -0.4 is 5.32 Å². The van der Waals surface area contributed by atoms with Crippen LogP contribution in [0.15, 0.2) is 61.3 Å². The zero-order chi connectivity index (χ0) is 16.1. The van der Waals surface area contributed by atoms with Crippen molar-refractivity contribution >= 4 is 5.91 Å². The first-order chi connectivity index (χ1) is 11.2. The molecule has 6 heteroatoms. The van der Waals surface area contributed by atoms with E-state index in [4.69, 9.17) is 0 Å². The highest BCUT2D eigenvalue weighted by Gasteiger charge is 2.05. The van der Waals surface area contributed by atoms with Crippen molar-refractivity contribution in [2.45, 2.75) is 13.0 Å². The molecule has 0 saturated heterocycles. The molecule has 0 aliphatic heterocycles. The maximum absolute atomic E-state index is 13.1. The number of carbonyl (C=O) groups is 1. The molecule has 0 saturated carbocycles. The van der Waals surface area contributed by atoms with Gasteiger partial charge in [0, 0.05) is 25.1 Å². The van der Waals surface area contributed by atoms with Crippen LogP contribution in [-0.2, 0) is 17.8 Å². The minimum absolute atomic E-state index is 0.151. The molecule has 0 radical (unpaired) electrons. The third-order valence-electron chi connectivity index (χ3n) is 3.32. The summed E-state index contributed by atoms with van der Waals surface area (Å²) in [7, 11) is 0. The number of halogens is 1. The van der Waals surface area contributed by atoms with E-state index in [1.54, 1.807) is 35.4 Å². The molecule has 0 atom stereocenters. The Labute approximate surface area is 132 Å². The number of nitrogens with one attached hydrogen (secondary N) is 1. The average molecular weight is 310 g/mol. The average Bonchev–Trinajstić information content (AvgIpc) is 3.08. The molecular weight excluding hydrogens is 295 g/mol. The van der Waals surface area contributed by atoms with Crippen LogP contribution in [0.4, 0.5) is 4.39 Å². The molecule has 0 spiro atoms. The lowest BCUT2D eigenvalue weighted by molar-refractivity contribution is -0.120. The molecule has 0 fully saturated rings. The maximum Gasteiger partial charge on any atom is 0.224 e. The normalized spacial score (nSPS) is 10.5. The van der Waals surface area contributed by atoms with E-state index >= 15 is 0 Å². The highest BCUT2D eigenvalue weighted by molar-refractivity contribution is 5.78. The minimum atomic E-state index is -0.338. The number of amides is 1. The van der Waals surface area contributed by atoms with Crippen molar-refractivity contribution in [2.24, 2.45) is 0 Å². The van der Waals surface area contributed by atoms with E-state index in [1.165, 1.54) is 12.1 Å². The van der Waals surface area contributed by atoms with E-state index in [1.807, 2.05) is 18.3 Å². The number of rotatable bonds is 5. The van der Waals surface area contributed by atoms with Crippen molar-refractivity contribution in [3.8, 4) is 5.82 Å². The predicted octanol–water partition coefficient (Wildman–Crippen LogP) is 2.27. The molecule has 0 bridgehead atoms. The molecule has 1 aromatic carbocycles. The molecule has 116 valence electrons. The number of imidazole rings is 1. The number of hydrogen-bond acceptors (Lipinski definition) is 3. The SMILES string of the molecule is O=C(Cc1cccc(F)c1)NCc1ccc(-n2ccnc2)nc1. The van der Waals surface area contributed by atoms with Gasteiger partial charge >= 0.3 is 0 Å². The first-order valence-corrected chi connectivity index (χ1v) is 7.15. The molecule has 0 aliphatic rings. The van der Waals surface area contributed by atoms with Gasteiger partial charge in [-0.25, -0.2) is 14.4 Å². The highest BCUT2D eigenvalue weighted by Crippen LogP contribution is 2.06. The summed E-state index contributed by atoms with van der Waals surface area (Å²) >= 11 is 0. The Hall–Kier alpha value is -3.02. The summed E-state index contributed by atoms with van der Waals surface area (Å²) in [4.78, 5) is 20.2. The van der Waals surface area contributed by atoms with Gasteiger partial charge in [-0.2, -0.15) is 0 Å². The summed E-state index contributed by atoms with van der Waals surface area (Å²) < 4.78 is 14.9. The second-order valence-corrected chi connectivity index (χ2v) is 5.08. The van der Waals surface area contributed by atoms with Crippen molar-refractivity contribution in [2.75, 3.05) is 0 Å². The second kappa shape index (κ2) is 6.83. The molecule has 1 N–H and O–H groups in total. The number of nitrogens with zero attached hydrogens (tertiary/aromatic N) is 3. The fraction of sp³-hybridized carbons (Fsp3) is 0.118. The summed E-state index contributed by atoms with van der Waals surface area (Å²) in [6.07, 6.45) is 7.02. The lowest BCUT2D eigenvalue weighted by Gasteiger charge is -2.07. The van der Waals surface area contributed by atoms with Crippen LogP contribution in [0, 0.1) is 5.82 Å². The Morgan fingerprint density at radius 2 is 2.13 bits per heavy atom. The molecule has 0 unspecified atom stereocenters. The number of pyridine rings is 1. The third kappa shape index (κ3) is 4.00. The van der Waals surface area contributed by atoms with E-state index < -0.39 is 0 Å². The van der Waals surface area contributed by atoms with E-state index in [0.29, 0.717) is 12.1 Å². The zero-order valence-electron chi connectivity index (χ0n) is 12.3. The first kappa shape index (κ1) is 14.9. The van der Waals surface area contributed by atoms with Crippen LogP contribution in [0.1, 0.15) is 11.1 Å². The summed E-state index contributed by atoms with van der Waals surface area (Å²) in [5.41, 5.74) is 1.54. The first-order valence-electron chi connectivity index (χ1n) is 7.15. The third-order valence-corrected chi connectivity index (χ3v) is 3.32. The van der Waals surface area contributed by atoms with Crippen molar-refractivity contribution in [3.63, 3.8) is 0 Å². The Morgan fingerprint density at radius 1 is 1.22 bits per heavy atom. The molecule has 5 nitrogen and oxygen atoms in total. The Balaban J connectivity index is 1.54. The van der Waals surface area contributed by atoms with Crippen molar-refractivity contribution in [1.29, 1.82) is 0 Å². The van der Waals surface area contributed by atoms with Gasteiger partial charge in [-0.1, -0.05) is 18.2 Å². The van der Waals surface area contributed by atoms with E-state index in [-0.39, 0.29) is 18.1 Å². The van der Waals surface area contributed by atoms with Crippen molar-refractivity contribution in [3.05, 3.63) is 78.3 Å². The lowest BCUT2D eigenvalue weighted by atomic mass is 10.1. The van der Waals surface area contributed by atoms with Crippen LogP contribution in [0.2, 0.25) is 0 Å². The minimum Gasteiger partial charge on any atom is -0.352 e. The van der Waals surface area contributed by atoms with Crippen LogP contribution >= 0.6 is 0 Å². The zero-order valence-corrected chi connectivity index (χ0v) is 12.3. The standard InChI is InChI=1S/C17H15FN4O/c18-15-3-1-2-13(8-15)9-17(23)21-11-14-4-5-16(20-10-14)22-7-6-19-12-22/h1-8,10,12H,9,11H2,(H,21,23). The molecule has 2 heterocycles. The quantitative estimate of drug-likeness (QED) is 0.786. The second-order valence-electron chi connectivity index (χ2n) is 5.08. The molecular formula is C17H15FN4O. The topological polar surface area (TPSA) is 59.8 Å². The lowest BCUT2D eigenvalue weighted by Crippen LogP contribution is -2.24. The van der Waals surface area contributed by atoms with E-state index in [9.17, 15) is 9.18 Å². The maximum atomic E-state index is 13.1. The molecule has 23 heavy (non-hydrogen) atoms. The number of aromatic nitrogens is 3. The summed E-state index contributed by atoms with van der Waals surface area (Å²) in [5, 5.41) is 2.80. The van der Waals surface area contributed by atoms with Gasteiger partial charge in [0.1, 0.15) is 18.0 Å². The van der Waals surface area contributed by atoms with Gasteiger partial charge < -0.3 is 5.32 Å². The van der Waals surface area contributed by atoms with E-state index in [0.717, 1.165) is 11.4 Å². The van der Waals surface area contributed by atoms with Gasteiger partial charge in [-0.15, -0.1) is 0 Å². The van der Waals surface area contributed by atoms with E-state index in [2.05, 4.69) is 15.3 Å². The number of hydrogen-bond donors (Lipinski definition) is 1. The summed E-state index contributed by atoms with van der Waals surface area (Å²) in [6, 6.07) is 9.79. The predicted molar refractivity (Wildman–Crippen MR) is 83.3 cm³/mol. The summed E-state index contributed by atoms with van der Waals surface area (Å²) in [6.45, 7) is 0.380. The fourth-order valence-corrected chi connectivity index (χ4v) is 2.16.